The van der Waals surface area contributed by atoms with Gasteiger partial charge in [-0.1, -0.05) is 65.2 Å². The topological polar surface area (TPSA) is 17.1 Å². The molecule has 134 valence electrons. The maximum atomic E-state index is 11.1. The average molecular weight is 321 g/mol. The number of rotatable bonds is 9. The van der Waals surface area contributed by atoms with Crippen molar-refractivity contribution >= 4 is 6.29 Å². The Bertz CT molecular complexity index is 314. The smallest absolute Gasteiger partial charge is 0.123 e. The highest BCUT2D eigenvalue weighted by molar-refractivity contribution is 5.54. The quantitative estimate of drug-likeness (QED) is 0.337. The summed E-state index contributed by atoms with van der Waals surface area (Å²) in [6.07, 6.45) is 20.6. The first-order valence-electron chi connectivity index (χ1n) is 10.6. The fourth-order valence-corrected chi connectivity index (χ4v) is 5.49. The second-order valence-corrected chi connectivity index (χ2v) is 8.97. The van der Waals surface area contributed by atoms with Crippen molar-refractivity contribution in [3.8, 4) is 0 Å². The van der Waals surface area contributed by atoms with Gasteiger partial charge in [-0.15, -0.1) is 0 Å². The normalized spacial score (nSPS) is 35.1. The molecule has 0 N–H and O–H groups in total. The van der Waals surface area contributed by atoms with Crippen molar-refractivity contribution in [2.45, 2.75) is 104 Å². The summed E-state index contributed by atoms with van der Waals surface area (Å²) < 4.78 is 0. The third-order valence-corrected chi connectivity index (χ3v) is 6.61. The molecule has 0 aliphatic heterocycles. The molecule has 0 bridgehead atoms. The number of aldehydes is 1. The van der Waals surface area contributed by atoms with E-state index in [4.69, 9.17) is 0 Å². The van der Waals surface area contributed by atoms with Gasteiger partial charge >= 0.3 is 0 Å². The Hall–Kier alpha value is -0.330. The van der Waals surface area contributed by atoms with Crippen molar-refractivity contribution in [1.29, 1.82) is 0 Å². The van der Waals surface area contributed by atoms with Crippen LogP contribution < -0.4 is 0 Å². The van der Waals surface area contributed by atoms with E-state index in [1.165, 1.54) is 89.8 Å². The van der Waals surface area contributed by atoms with E-state index in [9.17, 15) is 4.79 Å². The van der Waals surface area contributed by atoms with Crippen LogP contribution in [0.3, 0.4) is 0 Å². The van der Waals surface area contributed by atoms with Crippen molar-refractivity contribution in [3.05, 3.63) is 0 Å². The minimum atomic E-state index is 0.388. The first-order valence-corrected chi connectivity index (χ1v) is 10.6. The Labute approximate surface area is 145 Å². The lowest BCUT2D eigenvalue weighted by atomic mass is 9.75. The van der Waals surface area contributed by atoms with E-state index in [-0.39, 0.29) is 0 Å². The highest BCUT2D eigenvalue weighted by Gasteiger charge is 2.24. The zero-order valence-corrected chi connectivity index (χ0v) is 15.8. The number of hydrogen-bond donors (Lipinski definition) is 0. The summed E-state index contributed by atoms with van der Waals surface area (Å²) in [6.45, 7) is 4.89. The third-order valence-electron chi connectivity index (χ3n) is 6.61. The van der Waals surface area contributed by atoms with Crippen LogP contribution in [-0.4, -0.2) is 6.29 Å². The maximum absolute atomic E-state index is 11.1. The summed E-state index contributed by atoms with van der Waals surface area (Å²) in [7, 11) is 0. The molecule has 2 saturated carbocycles. The lowest BCUT2D eigenvalue weighted by molar-refractivity contribution is -0.113. The summed E-state index contributed by atoms with van der Waals surface area (Å²) in [5.74, 6) is 4.05. The SMILES string of the molecule is CC1CC(C)CC(CCCCCCCC2CCCCC2C=O)C1. The van der Waals surface area contributed by atoms with Gasteiger partial charge in [0.05, 0.1) is 0 Å². The van der Waals surface area contributed by atoms with E-state index < -0.39 is 0 Å². The molecule has 4 atom stereocenters. The van der Waals surface area contributed by atoms with Crippen LogP contribution in [0.2, 0.25) is 0 Å². The number of carbonyl (C=O) groups is 1. The lowest BCUT2D eigenvalue weighted by Gasteiger charge is -2.31. The second kappa shape index (κ2) is 10.5. The standard InChI is InChI=1S/C22H40O/c1-18-14-19(2)16-20(15-18)10-6-4-3-5-7-11-21-12-8-9-13-22(21)17-23/h17-22H,3-16H2,1-2H3. The van der Waals surface area contributed by atoms with Crippen LogP contribution in [0.15, 0.2) is 0 Å². The molecule has 0 saturated heterocycles. The minimum absolute atomic E-state index is 0.388. The van der Waals surface area contributed by atoms with Gasteiger partial charge in [-0.25, -0.2) is 0 Å². The number of unbranched alkanes of at least 4 members (excludes halogenated alkanes) is 4. The molecule has 0 spiro atoms. The van der Waals surface area contributed by atoms with Crippen LogP contribution in [0.1, 0.15) is 104 Å². The summed E-state index contributed by atoms with van der Waals surface area (Å²) in [5.41, 5.74) is 0. The largest absolute Gasteiger partial charge is 0.303 e. The zero-order chi connectivity index (χ0) is 16.5. The van der Waals surface area contributed by atoms with Gasteiger partial charge in [0.1, 0.15) is 6.29 Å². The van der Waals surface area contributed by atoms with E-state index in [0.29, 0.717) is 11.8 Å². The Morgan fingerprint density at radius 1 is 0.783 bits per heavy atom. The molecule has 2 rings (SSSR count). The predicted molar refractivity (Wildman–Crippen MR) is 99.5 cm³/mol. The molecular weight excluding hydrogens is 280 g/mol. The molecular formula is C22H40O. The molecule has 2 aliphatic rings. The fourth-order valence-electron chi connectivity index (χ4n) is 5.49. The number of hydrogen-bond acceptors (Lipinski definition) is 1. The Kier molecular flexibility index (Phi) is 8.69. The van der Waals surface area contributed by atoms with Crippen LogP contribution >= 0.6 is 0 Å². The Morgan fingerprint density at radius 2 is 1.39 bits per heavy atom. The third kappa shape index (κ3) is 6.98. The molecule has 2 fully saturated rings. The summed E-state index contributed by atoms with van der Waals surface area (Å²) in [4.78, 5) is 11.1. The molecule has 0 radical (unpaired) electrons. The van der Waals surface area contributed by atoms with Crippen molar-refractivity contribution in [3.63, 3.8) is 0 Å². The van der Waals surface area contributed by atoms with E-state index in [1.54, 1.807) is 0 Å². The molecule has 1 heteroatoms. The zero-order valence-electron chi connectivity index (χ0n) is 15.8. The summed E-state index contributed by atoms with van der Waals surface area (Å²) >= 11 is 0. The van der Waals surface area contributed by atoms with Gasteiger partial charge in [0.25, 0.3) is 0 Å². The van der Waals surface area contributed by atoms with E-state index in [0.717, 1.165) is 24.2 Å². The van der Waals surface area contributed by atoms with Gasteiger partial charge in [-0.05, 0) is 62.2 Å². The summed E-state index contributed by atoms with van der Waals surface area (Å²) in [6, 6.07) is 0. The molecule has 2 aliphatic carbocycles. The van der Waals surface area contributed by atoms with E-state index in [2.05, 4.69) is 13.8 Å². The van der Waals surface area contributed by atoms with Crippen molar-refractivity contribution in [2.24, 2.45) is 29.6 Å². The molecule has 0 heterocycles. The molecule has 1 nitrogen and oxygen atoms in total. The lowest BCUT2D eigenvalue weighted by Crippen LogP contribution is -2.20. The van der Waals surface area contributed by atoms with Crippen LogP contribution in [0.5, 0.6) is 0 Å². The van der Waals surface area contributed by atoms with Gasteiger partial charge in [-0.3, -0.25) is 0 Å². The van der Waals surface area contributed by atoms with Crippen molar-refractivity contribution in [2.75, 3.05) is 0 Å². The van der Waals surface area contributed by atoms with E-state index >= 15 is 0 Å². The van der Waals surface area contributed by atoms with E-state index in [1.807, 2.05) is 0 Å². The second-order valence-electron chi connectivity index (χ2n) is 8.97. The molecule has 0 aromatic rings. The molecule has 23 heavy (non-hydrogen) atoms. The van der Waals surface area contributed by atoms with Gasteiger partial charge in [0.2, 0.25) is 0 Å². The molecule has 0 aromatic carbocycles. The minimum Gasteiger partial charge on any atom is -0.303 e. The first-order chi connectivity index (χ1) is 11.2. The molecule has 0 amide bonds. The monoisotopic (exact) mass is 320 g/mol. The van der Waals surface area contributed by atoms with Crippen molar-refractivity contribution < 1.29 is 4.79 Å². The predicted octanol–water partition coefficient (Wildman–Crippen LogP) is 6.79. The average Bonchev–Trinajstić information content (AvgIpc) is 2.53. The Morgan fingerprint density at radius 3 is 2.09 bits per heavy atom. The highest BCUT2D eigenvalue weighted by Crippen LogP contribution is 2.36. The van der Waals surface area contributed by atoms with Crippen LogP contribution in [0, 0.1) is 29.6 Å². The first kappa shape index (κ1) is 19.0. The molecule has 0 aromatic heterocycles. The van der Waals surface area contributed by atoms with Crippen LogP contribution in [0.4, 0.5) is 0 Å². The Balaban J connectivity index is 1.47. The molecule has 4 unspecified atom stereocenters. The van der Waals surface area contributed by atoms with Crippen molar-refractivity contribution in [1.82, 2.24) is 0 Å². The fraction of sp³-hybridized carbons (Fsp3) is 0.955. The highest BCUT2D eigenvalue weighted by atomic mass is 16.1. The van der Waals surface area contributed by atoms with Gasteiger partial charge in [-0.2, -0.15) is 0 Å². The van der Waals surface area contributed by atoms with Crippen LogP contribution in [0.25, 0.3) is 0 Å². The number of carbonyl (C=O) groups excluding carboxylic acids is 1. The van der Waals surface area contributed by atoms with Gasteiger partial charge < -0.3 is 4.79 Å². The van der Waals surface area contributed by atoms with Gasteiger partial charge in [0, 0.05) is 5.92 Å². The van der Waals surface area contributed by atoms with Gasteiger partial charge in [0.15, 0.2) is 0 Å². The van der Waals surface area contributed by atoms with Crippen LogP contribution in [-0.2, 0) is 4.79 Å². The summed E-state index contributed by atoms with van der Waals surface area (Å²) in [5, 5.41) is 0. The maximum Gasteiger partial charge on any atom is 0.123 e.